The van der Waals surface area contributed by atoms with E-state index in [9.17, 15) is 9.59 Å². The fraction of sp³-hybridized carbons (Fsp3) is 0.875. The maximum Gasteiger partial charge on any atom is 0.320 e. The molecule has 3 fully saturated rings. The Morgan fingerprint density at radius 1 is 1.05 bits per heavy atom. The van der Waals surface area contributed by atoms with Crippen LogP contribution in [-0.2, 0) is 4.79 Å². The van der Waals surface area contributed by atoms with Crippen LogP contribution in [0.15, 0.2) is 0 Å². The highest BCUT2D eigenvalue weighted by Crippen LogP contribution is 2.37. The van der Waals surface area contributed by atoms with Gasteiger partial charge in [0.15, 0.2) is 0 Å². The molecule has 1 saturated heterocycles. The quantitative estimate of drug-likeness (QED) is 0.867. The van der Waals surface area contributed by atoms with Gasteiger partial charge in [-0.05, 0) is 44.4 Å². The Morgan fingerprint density at radius 3 is 2.48 bits per heavy atom. The van der Waals surface area contributed by atoms with Crippen LogP contribution >= 0.6 is 0 Å². The molecular formula is C16H26N2O3. The van der Waals surface area contributed by atoms with Crippen molar-refractivity contribution < 1.29 is 14.7 Å². The Kier molecular flexibility index (Phi) is 4.36. The lowest BCUT2D eigenvalue weighted by Gasteiger charge is -2.45. The minimum atomic E-state index is -0.817. The summed E-state index contributed by atoms with van der Waals surface area (Å²) in [6.45, 7) is 1.23. The van der Waals surface area contributed by atoms with Crippen molar-refractivity contribution in [3.05, 3.63) is 0 Å². The van der Waals surface area contributed by atoms with Gasteiger partial charge in [0.05, 0.1) is 6.42 Å². The fourth-order valence-electron chi connectivity index (χ4n) is 4.06. The number of rotatable bonds is 4. The van der Waals surface area contributed by atoms with Gasteiger partial charge in [-0.2, -0.15) is 0 Å². The number of likely N-dealkylation sites (tertiary alicyclic amines) is 1. The lowest BCUT2D eigenvalue weighted by Crippen LogP contribution is -2.55. The summed E-state index contributed by atoms with van der Waals surface area (Å²) in [6, 6.07) is 0.808. The molecule has 3 aliphatic rings. The number of nitrogens with zero attached hydrogens (tertiary/aromatic N) is 2. The van der Waals surface area contributed by atoms with Crippen LogP contribution < -0.4 is 0 Å². The average molecular weight is 294 g/mol. The van der Waals surface area contributed by atoms with Crippen molar-refractivity contribution in [3.63, 3.8) is 0 Å². The van der Waals surface area contributed by atoms with Gasteiger partial charge in [-0.15, -0.1) is 0 Å². The molecule has 1 aliphatic heterocycles. The molecule has 0 spiro atoms. The summed E-state index contributed by atoms with van der Waals surface area (Å²) in [4.78, 5) is 27.6. The second-order valence-corrected chi connectivity index (χ2v) is 6.80. The van der Waals surface area contributed by atoms with E-state index in [2.05, 4.69) is 4.90 Å². The molecule has 0 radical (unpaired) electrons. The third-order valence-electron chi connectivity index (χ3n) is 5.29. The number of fused-ring (bicyclic) bond motifs is 1. The lowest BCUT2D eigenvalue weighted by atomic mass is 9.78. The van der Waals surface area contributed by atoms with Crippen LogP contribution in [0.4, 0.5) is 4.79 Å². The lowest BCUT2D eigenvalue weighted by molar-refractivity contribution is -0.137. The Morgan fingerprint density at radius 2 is 1.76 bits per heavy atom. The molecule has 2 amide bonds. The Labute approximate surface area is 126 Å². The largest absolute Gasteiger partial charge is 0.481 e. The zero-order valence-corrected chi connectivity index (χ0v) is 12.7. The molecule has 1 N–H and O–H groups in total. The Bertz CT molecular complexity index is 406. The summed E-state index contributed by atoms with van der Waals surface area (Å²) in [5, 5.41) is 8.89. The van der Waals surface area contributed by atoms with Crippen LogP contribution in [0.3, 0.4) is 0 Å². The van der Waals surface area contributed by atoms with Gasteiger partial charge in [-0.1, -0.05) is 12.8 Å². The van der Waals surface area contributed by atoms with E-state index in [4.69, 9.17) is 5.11 Å². The van der Waals surface area contributed by atoms with Gasteiger partial charge in [0.25, 0.3) is 0 Å². The number of amides is 2. The van der Waals surface area contributed by atoms with Gasteiger partial charge in [0.2, 0.25) is 0 Å². The summed E-state index contributed by atoms with van der Waals surface area (Å²) in [7, 11) is 0. The van der Waals surface area contributed by atoms with Crippen molar-refractivity contribution >= 4 is 12.0 Å². The molecule has 2 saturated carbocycles. The number of carbonyl (C=O) groups is 2. The standard InChI is InChI=1S/C16H26N2O3/c19-15(20)9-11-17(13-7-8-13)16(21)18-10-3-5-12-4-1-2-6-14(12)18/h12-14H,1-11H2,(H,19,20). The van der Waals surface area contributed by atoms with E-state index in [0.717, 1.165) is 32.2 Å². The minimum Gasteiger partial charge on any atom is -0.481 e. The first-order valence-electron chi connectivity index (χ1n) is 8.46. The van der Waals surface area contributed by atoms with Crippen LogP contribution in [0.2, 0.25) is 0 Å². The zero-order valence-electron chi connectivity index (χ0n) is 12.7. The number of carbonyl (C=O) groups excluding carboxylic acids is 1. The van der Waals surface area contributed by atoms with Crippen LogP contribution in [0.1, 0.15) is 57.8 Å². The Balaban J connectivity index is 1.67. The summed E-state index contributed by atoms with van der Waals surface area (Å²) in [5.74, 6) is -0.139. The second-order valence-electron chi connectivity index (χ2n) is 6.80. The molecule has 0 aromatic rings. The molecule has 0 aromatic carbocycles. The third-order valence-corrected chi connectivity index (χ3v) is 5.29. The number of piperidine rings is 1. The van der Waals surface area contributed by atoms with Crippen LogP contribution in [0.25, 0.3) is 0 Å². The van der Waals surface area contributed by atoms with Crippen LogP contribution in [0, 0.1) is 5.92 Å². The van der Waals surface area contributed by atoms with Crippen molar-refractivity contribution in [2.45, 2.75) is 69.9 Å². The monoisotopic (exact) mass is 294 g/mol. The normalized spacial score (nSPS) is 28.9. The number of hydrogen-bond donors (Lipinski definition) is 1. The number of hydrogen-bond acceptors (Lipinski definition) is 2. The summed E-state index contributed by atoms with van der Waals surface area (Å²) < 4.78 is 0. The third kappa shape index (κ3) is 3.33. The van der Waals surface area contributed by atoms with Crippen molar-refractivity contribution in [1.29, 1.82) is 0 Å². The predicted molar refractivity (Wildman–Crippen MR) is 79.1 cm³/mol. The molecule has 0 bridgehead atoms. The van der Waals surface area contributed by atoms with Crippen molar-refractivity contribution in [2.24, 2.45) is 5.92 Å². The topological polar surface area (TPSA) is 60.9 Å². The van der Waals surface area contributed by atoms with E-state index in [0.29, 0.717) is 24.5 Å². The maximum atomic E-state index is 12.9. The smallest absolute Gasteiger partial charge is 0.320 e. The molecule has 3 rings (SSSR count). The predicted octanol–water partition coefficient (Wildman–Crippen LogP) is 2.70. The molecule has 1 heterocycles. The van der Waals surface area contributed by atoms with E-state index in [-0.39, 0.29) is 12.5 Å². The van der Waals surface area contributed by atoms with Gasteiger partial charge in [0, 0.05) is 25.2 Å². The van der Waals surface area contributed by atoms with Crippen molar-refractivity contribution in [1.82, 2.24) is 9.80 Å². The number of urea groups is 1. The highest BCUT2D eigenvalue weighted by molar-refractivity contribution is 5.76. The van der Waals surface area contributed by atoms with E-state index in [1.54, 1.807) is 0 Å². The van der Waals surface area contributed by atoms with Gasteiger partial charge in [0.1, 0.15) is 0 Å². The number of carboxylic acids is 1. The van der Waals surface area contributed by atoms with Crippen LogP contribution in [0.5, 0.6) is 0 Å². The fourth-order valence-corrected chi connectivity index (χ4v) is 4.06. The first-order valence-corrected chi connectivity index (χ1v) is 8.46. The molecule has 21 heavy (non-hydrogen) atoms. The van der Waals surface area contributed by atoms with Gasteiger partial charge in [-0.25, -0.2) is 4.79 Å². The molecular weight excluding hydrogens is 268 g/mol. The molecule has 2 atom stereocenters. The average Bonchev–Trinajstić information content (AvgIpc) is 3.31. The molecule has 5 heteroatoms. The Hall–Kier alpha value is -1.26. The van der Waals surface area contributed by atoms with E-state index in [1.165, 1.54) is 25.7 Å². The SMILES string of the molecule is O=C(O)CCN(C(=O)N1CCCC2CCCCC21)C1CC1. The molecule has 2 aliphatic carbocycles. The maximum absolute atomic E-state index is 12.9. The highest BCUT2D eigenvalue weighted by atomic mass is 16.4. The first-order chi connectivity index (χ1) is 10.2. The number of carboxylic acid groups (broad SMARTS) is 1. The van der Waals surface area contributed by atoms with Crippen LogP contribution in [-0.4, -0.2) is 52.1 Å². The van der Waals surface area contributed by atoms with E-state index >= 15 is 0 Å². The first kappa shape index (κ1) is 14.7. The minimum absolute atomic E-state index is 0.0597. The summed E-state index contributed by atoms with van der Waals surface area (Å²) in [6.07, 6.45) is 9.40. The molecule has 5 nitrogen and oxygen atoms in total. The van der Waals surface area contributed by atoms with E-state index < -0.39 is 5.97 Å². The molecule has 118 valence electrons. The number of aliphatic carboxylic acids is 1. The highest BCUT2D eigenvalue weighted by Gasteiger charge is 2.41. The summed E-state index contributed by atoms with van der Waals surface area (Å²) >= 11 is 0. The van der Waals surface area contributed by atoms with Crippen molar-refractivity contribution in [3.8, 4) is 0 Å². The molecule has 2 unspecified atom stereocenters. The van der Waals surface area contributed by atoms with E-state index in [1.807, 2.05) is 4.90 Å². The molecule has 0 aromatic heterocycles. The van der Waals surface area contributed by atoms with Gasteiger partial charge < -0.3 is 14.9 Å². The van der Waals surface area contributed by atoms with Gasteiger partial charge >= 0.3 is 12.0 Å². The van der Waals surface area contributed by atoms with Crippen molar-refractivity contribution in [2.75, 3.05) is 13.1 Å². The second kappa shape index (κ2) is 6.24. The zero-order chi connectivity index (χ0) is 14.8. The summed E-state index contributed by atoms with van der Waals surface area (Å²) in [5.41, 5.74) is 0. The van der Waals surface area contributed by atoms with Gasteiger partial charge in [-0.3, -0.25) is 4.79 Å².